The number of nitriles is 1. The van der Waals surface area contributed by atoms with Crippen LogP contribution in [0.3, 0.4) is 0 Å². The average Bonchev–Trinajstić information content (AvgIpc) is 2.55. The summed E-state index contributed by atoms with van der Waals surface area (Å²) in [6, 6.07) is 15.8. The monoisotopic (exact) mass is 342 g/mol. The third-order valence-electron chi connectivity index (χ3n) is 3.89. The molecule has 6 heteroatoms. The van der Waals surface area contributed by atoms with Gasteiger partial charge in [0.15, 0.2) is 0 Å². The van der Waals surface area contributed by atoms with E-state index in [0.717, 1.165) is 30.3 Å². The largest absolute Gasteiger partial charge is 0.361 e. The van der Waals surface area contributed by atoms with E-state index in [9.17, 15) is 5.26 Å². The van der Waals surface area contributed by atoms with Crippen molar-refractivity contribution in [2.24, 2.45) is 0 Å². The van der Waals surface area contributed by atoms with Crippen LogP contribution in [0.15, 0.2) is 42.5 Å². The fourth-order valence-corrected chi connectivity index (χ4v) is 3.12. The molecule has 0 spiro atoms. The van der Waals surface area contributed by atoms with Gasteiger partial charge >= 0.3 is 0 Å². The van der Waals surface area contributed by atoms with Crippen molar-refractivity contribution in [1.29, 1.82) is 5.26 Å². The molecule has 0 amide bonds. The molecule has 3 nitrogen and oxygen atoms in total. The predicted molar refractivity (Wildman–Crippen MR) is 96.3 cm³/mol. The molecule has 0 aromatic heterocycles. The van der Waals surface area contributed by atoms with Crippen molar-refractivity contribution in [1.82, 2.24) is 5.32 Å². The lowest BCUT2D eigenvalue weighted by Gasteiger charge is -2.38. The normalized spacial score (nSPS) is 17.3. The second-order valence-electron chi connectivity index (χ2n) is 5.24. The molecular formula is C17H15BCl2N3. The van der Waals surface area contributed by atoms with Gasteiger partial charge in [-0.15, -0.1) is 0 Å². The van der Waals surface area contributed by atoms with E-state index >= 15 is 0 Å². The molecule has 2 aromatic rings. The van der Waals surface area contributed by atoms with Crippen LogP contribution in [-0.4, -0.2) is 28.0 Å². The number of hydrogen-bond donors (Lipinski definition) is 1. The molecular weight excluding hydrogens is 328 g/mol. The summed E-state index contributed by atoms with van der Waals surface area (Å²) in [6.07, 6.45) is 0. The van der Waals surface area contributed by atoms with Crippen LogP contribution in [0.1, 0.15) is 17.2 Å². The molecule has 1 N–H and O–H groups in total. The van der Waals surface area contributed by atoms with Crippen LogP contribution >= 0.6 is 23.2 Å². The van der Waals surface area contributed by atoms with Crippen molar-refractivity contribution in [3.8, 4) is 6.07 Å². The highest BCUT2D eigenvalue weighted by Crippen LogP contribution is 2.32. The summed E-state index contributed by atoms with van der Waals surface area (Å²) in [7, 11) is 0. The van der Waals surface area contributed by atoms with E-state index in [-0.39, 0.29) is 14.5 Å². The smallest absolute Gasteiger partial charge is 0.101 e. The Morgan fingerprint density at radius 3 is 2.48 bits per heavy atom. The zero-order chi connectivity index (χ0) is 15.5. The molecule has 3 radical (unpaired) electrons. The van der Waals surface area contributed by atoms with Crippen LogP contribution in [0.2, 0.25) is 10.0 Å². The Morgan fingerprint density at radius 1 is 1.09 bits per heavy atom. The van der Waals surface area contributed by atoms with Crippen LogP contribution in [0.25, 0.3) is 0 Å². The third kappa shape index (κ3) is 3.81. The first-order chi connectivity index (χ1) is 10.7. The lowest BCUT2D eigenvalue weighted by atomic mass is 10.0. The molecule has 0 bridgehead atoms. The van der Waals surface area contributed by atoms with Crippen LogP contribution in [0.5, 0.6) is 0 Å². The first kappa shape index (κ1) is 17.7. The maximum absolute atomic E-state index is 9.40. The van der Waals surface area contributed by atoms with E-state index < -0.39 is 0 Å². The fourth-order valence-electron chi connectivity index (χ4n) is 2.82. The number of piperazine rings is 1. The molecule has 0 saturated carbocycles. The van der Waals surface area contributed by atoms with Crippen molar-refractivity contribution >= 4 is 37.3 Å². The van der Waals surface area contributed by atoms with Gasteiger partial charge in [-0.25, -0.2) is 0 Å². The lowest BCUT2D eigenvalue weighted by Crippen LogP contribution is -2.46. The Labute approximate surface area is 148 Å². The molecule has 2 aromatic carbocycles. The summed E-state index contributed by atoms with van der Waals surface area (Å²) >= 11 is 12.0. The number of nitrogens with zero attached hydrogens (tertiary/aromatic N) is 2. The van der Waals surface area contributed by atoms with Gasteiger partial charge in [-0.05, 0) is 35.9 Å². The number of nitrogens with one attached hydrogen (secondary N) is 1. The number of anilines is 1. The molecule has 1 heterocycles. The molecule has 1 fully saturated rings. The Balaban J connectivity index is 0.00000192. The first-order valence-electron chi connectivity index (χ1n) is 7.11. The maximum atomic E-state index is 9.40. The SMILES string of the molecule is N#Cc1cc(Cl)ccc1N1CCNCC1c1ccc(Cl)cc1.[B]. The van der Waals surface area contributed by atoms with Gasteiger partial charge in [0.2, 0.25) is 0 Å². The minimum atomic E-state index is 0. The van der Waals surface area contributed by atoms with Crippen LogP contribution in [-0.2, 0) is 0 Å². The third-order valence-corrected chi connectivity index (χ3v) is 4.37. The van der Waals surface area contributed by atoms with Crippen LogP contribution in [0.4, 0.5) is 5.69 Å². The van der Waals surface area contributed by atoms with Crippen LogP contribution < -0.4 is 10.2 Å². The molecule has 1 unspecified atom stereocenters. The van der Waals surface area contributed by atoms with Gasteiger partial charge in [0, 0.05) is 38.1 Å². The quantitative estimate of drug-likeness (QED) is 0.847. The van der Waals surface area contributed by atoms with Crippen molar-refractivity contribution < 1.29 is 0 Å². The number of halogens is 2. The van der Waals surface area contributed by atoms with Gasteiger partial charge in [0.25, 0.3) is 0 Å². The minimum Gasteiger partial charge on any atom is -0.361 e. The highest BCUT2D eigenvalue weighted by atomic mass is 35.5. The Bertz CT molecular complexity index is 713. The van der Waals surface area contributed by atoms with Gasteiger partial charge < -0.3 is 10.2 Å². The lowest BCUT2D eigenvalue weighted by molar-refractivity contribution is 0.489. The van der Waals surface area contributed by atoms with Crippen LogP contribution in [0, 0.1) is 11.3 Å². The number of benzene rings is 2. The van der Waals surface area contributed by atoms with Gasteiger partial charge in [-0.2, -0.15) is 5.26 Å². The molecule has 3 rings (SSSR count). The van der Waals surface area contributed by atoms with Gasteiger partial charge in [0.05, 0.1) is 17.3 Å². The van der Waals surface area contributed by atoms with E-state index in [1.165, 1.54) is 5.56 Å². The van der Waals surface area contributed by atoms with E-state index in [4.69, 9.17) is 23.2 Å². The fraction of sp³-hybridized carbons (Fsp3) is 0.235. The molecule has 1 atom stereocenters. The Morgan fingerprint density at radius 2 is 1.78 bits per heavy atom. The maximum Gasteiger partial charge on any atom is 0.101 e. The standard InChI is InChI=1S/C17H15Cl2N3.B/c18-14-3-1-12(2-4-14)17-11-21-7-8-22(17)16-6-5-15(19)9-13(16)10-20;/h1-6,9,17,21H,7-8,11H2;. The van der Waals surface area contributed by atoms with Gasteiger partial charge in [-0.3, -0.25) is 0 Å². The zero-order valence-corrected chi connectivity index (χ0v) is 14.0. The molecule has 1 aliphatic heterocycles. The van der Waals surface area contributed by atoms with Crippen molar-refractivity contribution in [2.75, 3.05) is 24.5 Å². The summed E-state index contributed by atoms with van der Waals surface area (Å²) < 4.78 is 0. The molecule has 1 aliphatic rings. The Kier molecular flexibility index (Phi) is 5.95. The highest BCUT2D eigenvalue weighted by molar-refractivity contribution is 6.31. The van der Waals surface area contributed by atoms with Gasteiger partial charge in [0.1, 0.15) is 6.07 Å². The Hall–Kier alpha value is -1.67. The molecule has 23 heavy (non-hydrogen) atoms. The molecule has 0 aliphatic carbocycles. The van der Waals surface area contributed by atoms with Crippen molar-refractivity contribution in [3.05, 3.63) is 63.6 Å². The van der Waals surface area contributed by atoms with E-state index in [1.807, 2.05) is 36.4 Å². The second-order valence-corrected chi connectivity index (χ2v) is 6.11. The summed E-state index contributed by atoms with van der Waals surface area (Å²) in [5.41, 5.74) is 2.71. The highest BCUT2D eigenvalue weighted by Gasteiger charge is 2.25. The van der Waals surface area contributed by atoms with Crippen molar-refractivity contribution in [3.63, 3.8) is 0 Å². The van der Waals surface area contributed by atoms with E-state index in [0.29, 0.717) is 10.6 Å². The zero-order valence-electron chi connectivity index (χ0n) is 12.5. The predicted octanol–water partition coefficient (Wildman–Crippen LogP) is 3.64. The topological polar surface area (TPSA) is 39.1 Å². The molecule has 1 saturated heterocycles. The minimum absolute atomic E-state index is 0. The van der Waals surface area contributed by atoms with E-state index in [1.54, 1.807) is 6.07 Å². The number of hydrogen-bond acceptors (Lipinski definition) is 3. The number of rotatable bonds is 2. The summed E-state index contributed by atoms with van der Waals surface area (Å²) in [5, 5.41) is 14.1. The second kappa shape index (κ2) is 7.74. The molecule has 115 valence electrons. The van der Waals surface area contributed by atoms with E-state index in [2.05, 4.69) is 16.3 Å². The summed E-state index contributed by atoms with van der Waals surface area (Å²) in [5.74, 6) is 0. The first-order valence-corrected chi connectivity index (χ1v) is 7.87. The summed E-state index contributed by atoms with van der Waals surface area (Å²) in [6.45, 7) is 2.55. The average molecular weight is 343 g/mol. The van der Waals surface area contributed by atoms with Crippen molar-refractivity contribution in [2.45, 2.75) is 6.04 Å². The summed E-state index contributed by atoms with van der Waals surface area (Å²) in [4.78, 5) is 2.26. The van der Waals surface area contributed by atoms with Gasteiger partial charge in [-0.1, -0.05) is 35.3 Å².